The predicted octanol–water partition coefficient (Wildman–Crippen LogP) is 10.0. The summed E-state index contributed by atoms with van der Waals surface area (Å²) >= 11 is 0. The van der Waals surface area contributed by atoms with Crippen LogP contribution in [0.15, 0.2) is 81.8 Å². The molecule has 1 aromatic heterocycles. The smallest absolute Gasteiger partial charge is 0.201 e. The fourth-order valence-electron chi connectivity index (χ4n) is 7.43. The standard InChI is InChI=1S/C46H46O10/c1-22(2)8-11-25-16-31-38(20-35(25)47)54-21-34-30-18-33(40(50)28(13-9-23(3)4)43(30)55-45(31)34)42(52)39-32-19-37(49)41(51)29(14-10-24(5)6)44(32)56-46(39)27-15-12-26(53-7)17-36(27)48/h8-10,12,15-20,34,45,47-51H,11,13-14,21H2,1-7H3/t34-,45-/m0/s1. The van der Waals surface area contributed by atoms with Gasteiger partial charge in [0, 0.05) is 39.8 Å². The molecular weight excluding hydrogens is 712 g/mol. The summed E-state index contributed by atoms with van der Waals surface area (Å²) in [6, 6.07) is 11.0. The molecule has 0 amide bonds. The Balaban J connectivity index is 1.44. The molecule has 2 atom stereocenters. The van der Waals surface area contributed by atoms with Crippen molar-refractivity contribution >= 4 is 16.8 Å². The van der Waals surface area contributed by atoms with Crippen LogP contribution in [0.2, 0.25) is 0 Å². The quantitative estimate of drug-likeness (QED) is 0.0527. The number of methoxy groups -OCH3 is 1. The van der Waals surface area contributed by atoms with Crippen LogP contribution in [0.4, 0.5) is 0 Å². The zero-order valence-corrected chi connectivity index (χ0v) is 32.5. The predicted molar refractivity (Wildman–Crippen MR) is 214 cm³/mol. The summed E-state index contributed by atoms with van der Waals surface area (Å²) in [6.45, 7) is 11.9. The number of carbonyl (C=O) groups is 1. The van der Waals surface area contributed by atoms with E-state index in [2.05, 4.69) is 0 Å². The fraction of sp³-hybridized carbons (Fsp3) is 0.283. The second kappa shape index (κ2) is 14.7. The van der Waals surface area contributed by atoms with E-state index in [1.54, 1.807) is 24.3 Å². The van der Waals surface area contributed by atoms with Crippen molar-refractivity contribution in [3.05, 3.63) is 116 Å². The lowest BCUT2D eigenvalue weighted by atomic mass is 9.85. The monoisotopic (exact) mass is 758 g/mol. The van der Waals surface area contributed by atoms with Gasteiger partial charge in [0.2, 0.25) is 5.78 Å². The van der Waals surface area contributed by atoms with Crippen molar-refractivity contribution in [2.45, 2.75) is 72.8 Å². The SMILES string of the molecule is COc1ccc(-c2oc3c(CC=C(C)C)c(O)c(O)cc3c2C(=O)c2cc3c(c(CC=C(C)C)c2O)O[C@H]2c4cc(CC=C(C)C)c(O)cc4OC[C@@H]32)c(O)c1. The summed E-state index contributed by atoms with van der Waals surface area (Å²) in [5, 5.41) is 56.4. The van der Waals surface area contributed by atoms with Crippen molar-refractivity contribution in [2.75, 3.05) is 13.7 Å². The Bertz CT molecular complexity index is 2500. The maximum atomic E-state index is 15.2. The minimum absolute atomic E-state index is 0.0212. The maximum absolute atomic E-state index is 15.2. The van der Waals surface area contributed by atoms with Gasteiger partial charge in [-0.3, -0.25) is 4.79 Å². The molecule has 0 aliphatic carbocycles. The molecule has 2 aliphatic rings. The van der Waals surface area contributed by atoms with Crippen LogP contribution < -0.4 is 14.2 Å². The van der Waals surface area contributed by atoms with Gasteiger partial charge in [0.15, 0.2) is 11.5 Å². The summed E-state index contributed by atoms with van der Waals surface area (Å²) in [4.78, 5) is 15.2. The molecule has 4 aromatic carbocycles. The third kappa shape index (κ3) is 6.69. The number of ketones is 1. The highest BCUT2D eigenvalue weighted by Gasteiger charge is 2.44. The molecule has 0 bridgehead atoms. The zero-order chi connectivity index (χ0) is 40.2. The van der Waals surface area contributed by atoms with Gasteiger partial charge >= 0.3 is 0 Å². The second-order valence-electron chi connectivity index (χ2n) is 15.2. The van der Waals surface area contributed by atoms with Gasteiger partial charge in [0.1, 0.15) is 51.9 Å². The first kappa shape index (κ1) is 38.0. The van der Waals surface area contributed by atoms with Gasteiger partial charge in [-0.1, -0.05) is 34.9 Å². The Kier molecular flexibility index (Phi) is 10.0. The minimum Gasteiger partial charge on any atom is -0.508 e. The Morgan fingerprint density at radius 3 is 2.11 bits per heavy atom. The average Bonchev–Trinajstić information content (AvgIpc) is 3.71. The first-order chi connectivity index (χ1) is 26.7. The van der Waals surface area contributed by atoms with Crippen LogP contribution in [0.25, 0.3) is 22.3 Å². The van der Waals surface area contributed by atoms with E-state index in [0.717, 1.165) is 27.8 Å². The number of aromatic hydroxyl groups is 5. The molecule has 2 aliphatic heterocycles. The van der Waals surface area contributed by atoms with Crippen molar-refractivity contribution in [1.82, 2.24) is 0 Å². The first-order valence-corrected chi connectivity index (χ1v) is 18.5. The topological polar surface area (TPSA) is 159 Å². The minimum atomic E-state index is -0.638. The number of benzene rings is 4. The lowest BCUT2D eigenvalue weighted by Gasteiger charge is -2.28. The molecule has 7 rings (SSSR count). The van der Waals surface area contributed by atoms with E-state index in [1.807, 2.05) is 65.8 Å². The molecule has 10 nitrogen and oxygen atoms in total. The van der Waals surface area contributed by atoms with E-state index in [1.165, 1.54) is 19.2 Å². The Labute approximate surface area is 325 Å². The van der Waals surface area contributed by atoms with Gasteiger partial charge in [-0.15, -0.1) is 0 Å². The van der Waals surface area contributed by atoms with Crippen LogP contribution in [0.5, 0.6) is 46.0 Å². The molecule has 0 saturated heterocycles. The Hall–Kier alpha value is -6.29. The largest absolute Gasteiger partial charge is 0.508 e. The summed E-state index contributed by atoms with van der Waals surface area (Å²) < 4.78 is 24.7. The zero-order valence-electron chi connectivity index (χ0n) is 32.5. The van der Waals surface area contributed by atoms with Crippen LogP contribution in [-0.4, -0.2) is 45.0 Å². The molecule has 0 fully saturated rings. The normalized spacial score (nSPS) is 15.2. The van der Waals surface area contributed by atoms with E-state index >= 15 is 4.79 Å². The number of phenols is 5. The Morgan fingerprint density at radius 1 is 0.768 bits per heavy atom. The number of rotatable bonds is 10. The third-order valence-corrected chi connectivity index (χ3v) is 10.4. The molecule has 56 heavy (non-hydrogen) atoms. The number of hydrogen-bond acceptors (Lipinski definition) is 10. The molecule has 0 spiro atoms. The summed E-state index contributed by atoms with van der Waals surface area (Å²) in [5.74, 6) is -0.928. The molecule has 5 N–H and O–H groups in total. The summed E-state index contributed by atoms with van der Waals surface area (Å²) in [5.41, 5.74) is 6.11. The third-order valence-electron chi connectivity index (χ3n) is 10.4. The van der Waals surface area contributed by atoms with E-state index in [-0.39, 0.29) is 81.6 Å². The van der Waals surface area contributed by atoms with Crippen molar-refractivity contribution in [3.8, 4) is 57.3 Å². The molecule has 5 aromatic rings. The van der Waals surface area contributed by atoms with Crippen molar-refractivity contribution in [1.29, 1.82) is 0 Å². The van der Waals surface area contributed by atoms with Crippen molar-refractivity contribution < 1.29 is 49.0 Å². The van der Waals surface area contributed by atoms with Gasteiger partial charge < -0.3 is 44.2 Å². The summed E-state index contributed by atoms with van der Waals surface area (Å²) in [7, 11) is 1.47. The number of allylic oxidation sites excluding steroid dienone is 6. The average molecular weight is 759 g/mol. The lowest BCUT2D eigenvalue weighted by Crippen LogP contribution is -2.23. The second-order valence-corrected chi connectivity index (χ2v) is 15.2. The van der Waals surface area contributed by atoms with E-state index < -0.39 is 23.4 Å². The first-order valence-electron chi connectivity index (χ1n) is 18.5. The Morgan fingerprint density at radius 2 is 1.45 bits per heavy atom. The molecule has 10 heteroatoms. The van der Waals surface area contributed by atoms with Crippen molar-refractivity contribution in [3.63, 3.8) is 0 Å². The van der Waals surface area contributed by atoms with Crippen molar-refractivity contribution in [2.24, 2.45) is 0 Å². The van der Waals surface area contributed by atoms with Crippen LogP contribution in [0.3, 0.4) is 0 Å². The fourth-order valence-corrected chi connectivity index (χ4v) is 7.43. The molecule has 0 radical (unpaired) electrons. The van der Waals surface area contributed by atoms with Crippen LogP contribution in [0.1, 0.15) is 97.3 Å². The van der Waals surface area contributed by atoms with Gasteiger partial charge in [0.25, 0.3) is 0 Å². The van der Waals surface area contributed by atoms with Crippen LogP contribution in [-0.2, 0) is 19.3 Å². The van der Waals surface area contributed by atoms with Crippen LogP contribution >= 0.6 is 0 Å². The molecular formula is C46H46O10. The number of hydrogen-bond donors (Lipinski definition) is 5. The highest BCUT2D eigenvalue weighted by molar-refractivity contribution is 6.21. The number of fused-ring (bicyclic) bond motifs is 6. The molecule has 290 valence electrons. The van der Waals surface area contributed by atoms with E-state index in [9.17, 15) is 25.5 Å². The highest BCUT2D eigenvalue weighted by atomic mass is 16.5. The van der Waals surface area contributed by atoms with Gasteiger partial charge in [0.05, 0.1) is 36.3 Å². The molecule has 0 unspecified atom stereocenters. The van der Waals surface area contributed by atoms with Gasteiger partial charge in [-0.2, -0.15) is 0 Å². The number of ether oxygens (including phenoxy) is 3. The number of furan rings is 1. The highest BCUT2D eigenvalue weighted by Crippen LogP contribution is 2.56. The molecule has 3 heterocycles. The van der Waals surface area contributed by atoms with E-state index in [4.69, 9.17) is 18.6 Å². The van der Waals surface area contributed by atoms with Gasteiger partial charge in [-0.05, 0) is 96.7 Å². The molecule has 0 saturated carbocycles. The van der Waals surface area contributed by atoms with E-state index in [0.29, 0.717) is 34.8 Å². The van der Waals surface area contributed by atoms with Crippen LogP contribution in [0, 0.1) is 0 Å². The lowest BCUT2D eigenvalue weighted by molar-refractivity contribution is 0.103. The maximum Gasteiger partial charge on any atom is 0.201 e. The number of carbonyl (C=O) groups excluding carboxylic acids is 1. The van der Waals surface area contributed by atoms with Gasteiger partial charge in [-0.25, -0.2) is 0 Å². The number of phenolic OH excluding ortho intramolecular Hbond substituents is 5. The summed E-state index contributed by atoms with van der Waals surface area (Å²) in [6.07, 6.45) is 6.27.